The molecular formula is C51H88O60S13. The molecule has 124 heavy (non-hydrogen) atoms. The zero-order valence-corrected chi connectivity index (χ0v) is 74.4. The highest BCUT2D eigenvalue weighted by atomic mass is 32.3. The molecule has 73 heteroatoms. The zero-order chi connectivity index (χ0) is 93.8. The highest BCUT2D eigenvalue weighted by Gasteiger charge is 2.66. The fraction of sp³-hybridized carbons (Fsp3) is 1.00. The van der Waals surface area contributed by atoms with E-state index in [4.69, 9.17) is 46.3 Å². The lowest BCUT2D eigenvalue weighted by Gasteiger charge is -2.61. The van der Waals surface area contributed by atoms with Crippen LogP contribution in [0.4, 0.5) is 0 Å². The van der Waals surface area contributed by atoms with E-state index in [-0.39, 0.29) is 42.4 Å². The fourth-order valence-electron chi connectivity index (χ4n) is 17.8. The second-order valence-electron chi connectivity index (χ2n) is 30.4. The number of hydrogen-bond donors (Lipinski definition) is 13. The van der Waals surface area contributed by atoms with Crippen LogP contribution in [-0.4, -0.2) is 324 Å². The van der Waals surface area contributed by atoms with E-state index in [0.717, 1.165) is 44.9 Å². The van der Waals surface area contributed by atoms with Crippen molar-refractivity contribution in [3.05, 3.63) is 0 Å². The first-order chi connectivity index (χ1) is 55.9. The van der Waals surface area contributed by atoms with Crippen molar-refractivity contribution in [1.29, 1.82) is 0 Å². The largest absolute Gasteiger partial charge is 0.397 e. The Morgan fingerprint density at radius 1 is 0.298 bits per heavy atom. The zero-order valence-electron chi connectivity index (χ0n) is 63.8. The molecular weight excluding hydrogens is 1990 g/mol. The minimum atomic E-state index is -6.88. The van der Waals surface area contributed by atoms with Crippen molar-refractivity contribution in [2.45, 2.75) is 241 Å². The summed E-state index contributed by atoms with van der Waals surface area (Å²) in [4.78, 5) is 0. The average molecular weight is 2080 g/mol. The normalized spacial score (nSPS) is 37.1. The first-order valence-corrected chi connectivity index (χ1v) is 53.3. The summed E-state index contributed by atoms with van der Waals surface area (Å²) in [6.45, 7) is 2.10. The molecule has 4 saturated carbocycles. The Hall–Kier alpha value is -2.01. The number of fused-ring (bicyclic) bond motifs is 5. The third kappa shape index (κ3) is 31.8. The van der Waals surface area contributed by atoms with Crippen molar-refractivity contribution >= 4 is 135 Å². The van der Waals surface area contributed by atoms with Gasteiger partial charge in [-0.05, 0) is 110 Å². The summed E-state index contributed by atoms with van der Waals surface area (Å²) in [5, 5.41) is 0. The Kier molecular flexibility index (Phi) is 34.5. The van der Waals surface area contributed by atoms with Crippen LogP contribution in [0.15, 0.2) is 0 Å². The van der Waals surface area contributed by atoms with Crippen molar-refractivity contribution in [2.24, 2.45) is 52.3 Å². The maximum Gasteiger partial charge on any atom is 0.397 e. The van der Waals surface area contributed by atoms with Gasteiger partial charge in [0, 0.05) is 0 Å². The molecule has 4 heterocycles. The maximum atomic E-state index is 13.5. The molecule has 4 aliphatic heterocycles. The van der Waals surface area contributed by atoms with Gasteiger partial charge in [0.2, 0.25) is 0 Å². The van der Waals surface area contributed by atoms with E-state index < -0.39 is 302 Å². The lowest BCUT2D eigenvalue weighted by atomic mass is 9.44. The van der Waals surface area contributed by atoms with Gasteiger partial charge in [0.1, 0.15) is 79.4 Å². The first-order valence-electron chi connectivity index (χ1n) is 35.6. The van der Waals surface area contributed by atoms with E-state index in [9.17, 15) is 169 Å². The topological polar surface area (TPSA) is 901 Å². The summed E-state index contributed by atoms with van der Waals surface area (Å²) < 4.78 is 565. The van der Waals surface area contributed by atoms with Gasteiger partial charge in [-0.1, -0.05) is 53.9 Å². The molecule has 29 atom stereocenters. The summed E-state index contributed by atoms with van der Waals surface area (Å²) in [7, 11) is -83.8. The minimum Gasteiger partial charge on any atom is -0.347 e. The number of ether oxygens (including phenoxy) is 8. The molecule has 8 rings (SSSR count). The van der Waals surface area contributed by atoms with Crippen LogP contribution in [0.3, 0.4) is 0 Å². The number of hydrogen-bond acceptors (Lipinski definition) is 47. The Labute approximate surface area is 710 Å². The molecule has 0 spiro atoms. The SMILES string of the molecule is CC(C)CCC[C@@H](C)[C@H]1CC[C@H]2[C@@H]3CC[C@H]4C[C@@H](O[C@H]5O[C@H](COS(=O)(=O)O)[C@@H](OS(=O)(=O)O)[C@H](OS(=O)(=O)O)[C@@H]5O[C@H]5O[C@H](COS(=O)(=O)O)[C@@H](OS(=O)(=O)O)[C@H](O[C@H]6O[C@H](COS(=O)(=O)O)[C@@H](OS(=O)(=O)O)[C@H](O[C@H]7O[C@H](COS(=O)(=O)O)[C@@H](OS(=O)(=O)O)[C@H](OS(=O)(=O)O)[C@@H]7OS(=O)(=O)O)[C@@H]6OS(=O)(=O)O)[C@@H]5OS(=O)(=O)O)CC[C@]4(C)[C@H]3CC[C@]12C. The van der Waals surface area contributed by atoms with Gasteiger partial charge in [0.15, 0.2) is 43.5 Å². The van der Waals surface area contributed by atoms with E-state index in [1.54, 1.807) is 0 Å². The van der Waals surface area contributed by atoms with E-state index in [0.29, 0.717) is 30.6 Å². The van der Waals surface area contributed by atoms with E-state index in [1.807, 2.05) is 6.92 Å². The summed E-state index contributed by atoms with van der Waals surface area (Å²) in [6, 6.07) is 0. The molecule has 0 unspecified atom stereocenters. The maximum absolute atomic E-state index is 13.5. The predicted octanol–water partition coefficient (Wildman–Crippen LogP) is -3.48. The van der Waals surface area contributed by atoms with Crippen LogP contribution in [0.5, 0.6) is 0 Å². The van der Waals surface area contributed by atoms with Gasteiger partial charge in [-0.2, -0.15) is 109 Å². The van der Waals surface area contributed by atoms with Crippen LogP contribution in [-0.2, 0) is 227 Å². The van der Waals surface area contributed by atoms with Crippen LogP contribution >= 0.6 is 0 Å². The average Bonchev–Trinajstić information content (AvgIpc) is 1.19. The molecule has 60 nitrogen and oxygen atoms in total. The summed E-state index contributed by atoms with van der Waals surface area (Å²) in [5.74, 6) is 1.37. The summed E-state index contributed by atoms with van der Waals surface area (Å²) >= 11 is 0. The predicted molar refractivity (Wildman–Crippen MR) is 385 cm³/mol. The highest BCUT2D eigenvalue weighted by Crippen LogP contribution is 2.69. The third-order valence-electron chi connectivity index (χ3n) is 22.0. The fourth-order valence-corrected chi connectivity index (χ4v) is 23.6. The molecule has 730 valence electrons. The van der Waals surface area contributed by atoms with Gasteiger partial charge in [-0.25, -0.2) is 54.4 Å². The first kappa shape index (κ1) is 107. The molecule has 8 aliphatic rings. The lowest BCUT2D eigenvalue weighted by Crippen LogP contribution is -2.70. The minimum absolute atomic E-state index is 0.0336. The highest BCUT2D eigenvalue weighted by molar-refractivity contribution is 7.83. The molecule has 0 amide bonds. The van der Waals surface area contributed by atoms with Crippen LogP contribution in [0.1, 0.15) is 112 Å². The van der Waals surface area contributed by atoms with Gasteiger partial charge in [0.25, 0.3) is 0 Å². The molecule has 0 aromatic heterocycles. The molecule has 0 aromatic rings. The van der Waals surface area contributed by atoms with Crippen molar-refractivity contribution in [3.8, 4) is 0 Å². The second kappa shape index (κ2) is 39.9. The van der Waals surface area contributed by atoms with Crippen molar-refractivity contribution in [3.63, 3.8) is 0 Å². The van der Waals surface area contributed by atoms with Gasteiger partial charge in [-0.15, -0.1) is 0 Å². The van der Waals surface area contributed by atoms with Gasteiger partial charge in [-0.3, -0.25) is 59.2 Å². The van der Waals surface area contributed by atoms with E-state index in [1.165, 1.54) is 0 Å². The molecule has 13 N–H and O–H groups in total. The van der Waals surface area contributed by atoms with Gasteiger partial charge < -0.3 is 37.9 Å². The summed E-state index contributed by atoms with van der Waals surface area (Å²) in [6.07, 6.45) is -65.3. The second-order valence-corrected chi connectivity index (χ2v) is 44.2. The van der Waals surface area contributed by atoms with E-state index >= 15 is 0 Å². The molecule has 8 fully saturated rings. The Bertz CT molecular complexity index is 5310. The number of rotatable bonds is 43. The quantitative estimate of drug-likeness (QED) is 0.0208. The third-order valence-corrected chi connectivity index (χ3v) is 27.9. The Morgan fingerprint density at radius 3 is 0.911 bits per heavy atom. The van der Waals surface area contributed by atoms with Crippen molar-refractivity contribution in [2.75, 3.05) is 26.4 Å². The molecule has 4 saturated heterocycles. The van der Waals surface area contributed by atoms with Gasteiger partial charge >= 0.3 is 135 Å². The Balaban J connectivity index is 1.34. The van der Waals surface area contributed by atoms with Crippen molar-refractivity contribution in [1.82, 2.24) is 0 Å². The Morgan fingerprint density at radius 2 is 0.581 bits per heavy atom. The molecule has 4 aliphatic carbocycles. The van der Waals surface area contributed by atoms with Crippen LogP contribution < -0.4 is 0 Å². The summed E-state index contributed by atoms with van der Waals surface area (Å²) in [5.41, 5.74) is -0.609. The van der Waals surface area contributed by atoms with Crippen LogP contribution in [0.2, 0.25) is 0 Å². The monoisotopic (exact) mass is 2080 g/mol. The standard InChI is InChI=1S/C51H88O60S13/c1-22(2)7-6-8-23(3)27-11-12-28-26-10-9-24-17-25(13-15-50(24,4)29(26)14-16-51(27,28)5)95-46-42(40(107-120(76,77)78)36(105-118(70,71)72)32(96-46)20-93-114(58,59)60)102-48-44(110-123(85,86)87)39(35(104-117(67,68)69)31(98-48)19-92-113(55,56)57)100-47-43(109-122(82,83)84)38(34(103-116(64,65)66)30(97-47)18-91-112(52,53)54)101-49-45(111-124(88,89)90)41(108-121(79,80)81)37(106-119(73,74)75)33(99-49)21-94-115(61,62)63/h22-49H,6-21H2,1-5H3,(H,52,53,54)(H,55,56,57)(H,58,59,60)(H,61,62,63)(H,64,65,66)(H,67,68,69)(H,70,71,72)(H,73,74,75)(H,76,77,78)(H,79,80,81)(H,82,83,84)(H,85,86,87)(H,88,89,90)/t23-,24+,25+,26+,27-,28+,29+,30-,31-,32-,33-,34-,35-,36-,37-,38+,39+,40+,41+,42+,43+,44+,45+,46+,47-,48-,49-,50+,51-/m1/s1. The smallest absolute Gasteiger partial charge is 0.347 e. The molecule has 0 aromatic carbocycles. The van der Waals surface area contributed by atoms with Crippen molar-refractivity contribution < 1.29 is 261 Å². The lowest BCUT2D eigenvalue weighted by molar-refractivity contribution is -0.386. The van der Waals surface area contributed by atoms with Crippen LogP contribution in [0.25, 0.3) is 0 Å². The van der Waals surface area contributed by atoms with Crippen LogP contribution in [0, 0.1) is 52.3 Å². The van der Waals surface area contributed by atoms with Gasteiger partial charge in [0.05, 0.1) is 32.5 Å². The van der Waals surface area contributed by atoms with E-state index in [2.05, 4.69) is 73.7 Å². The molecule has 0 bridgehead atoms. The molecule has 0 radical (unpaired) electrons.